The maximum absolute atomic E-state index is 13.7. The minimum Gasteiger partial charge on any atom is -0.316 e. The van der Waals surface area contributed by atoms with Gasteiger partial charge in [0.2, 0.25) is 0 Å². The van der Waals surface area contributed by atoms with Crippen molar-refractivity contribution in [1.82, 2.24) is 5.32 Å². The molecular formula is C14H21ClFN. The second-order valence-corrected chi connectivity index (χ2v) is 5.29. The van der Waals surface area contributed by atoms with Crippen molar-refractivity contribution in [1.29, 1.82) is 0 Å². The summed E-state index contributed by atoms with van der Waals surface area (Å²) in [5, 5.41) is 3.94. The Morgan fingerprint density at radius 1 is 1.35 bits per heavy atom. The lowest BCUT2D eigenvalue weighted by atomic mass is 9.81. The van der Waals surface area contributed by atoms with Crippen LogP contribution in [0.2, 0.25) is 5.02 Å². The van der Waals surface area contributed by atoms with E-state index in [9.17, 15) is 4.39 Å². The van der Waals surface area contributed by atoms with Gasteiger partial charge in [-0.2, -0.15) is 0 Å². The predicted octanol–water partition coefficient (Wildman–Crippen LogP) is 4.05. The molecule has 1 aromatic carbocycles. The van der Waals surface area contributed by atoms with Crippen molar-refractivity contribution in [3.05, 3.63) is 34.6 Å². The average molecular weight is 258 g/mol. The van der Waals surface area contributed by atoms with Crippen molar-refractivity contribution in [3.8, 4) is 0 Å². The summed E-state index contributed by atoms with van der Waals surface area (Å²) in [6.45, 7) is 8.23. The molecule has 17 heavy (non-hydrogen) atoms. The minimum atomic E-state index is -0.162. The lowest BCUT2D eigenvalue weighted by Crippen LogP contribution is -2.33. The minimum absolute atomic E-state index is 0.0710. The van der Waals surface area contributed by atoms with Crippen molar-refractivity contribution < 1.29 is 4.39 Å². The van der Waals surface area contributed by atoms with E-state index in [-0.39, 0.29) is 11.2 Å². The molecule has 0 saturated heterocycles. The van der Waals surface area contributed by atoms with E-state index in [1.54, 1.807) is 12.1 Å². The average Bonchev–Trinajstić information content (AvgIpc) is 2.31. The third kappa shape index (κ3) is 4.29. The van der Waals surface area contributed by atoms with Crippen LogP contribution < -0.4 is 5.32 Å². The van der Waals surface area contributed by atoms with E-state index < -0.39 is 0 Å². The molecule has 0 spiro atoms. The van der Waals surface area contributed by atoms with E-state index in [2.05, 4.69) is 26.1 Å². The molecule has 1 unspecified atom stereocenters. The van der Waals surface area contributed by atoms with Crippen LogP contribution in [0, 0.1) is 11.2 Å². The smallest absolute Gasteiger partial charge is 0.126 e. The zero-order valence-corrected chi connectivity index (χ0v) is 11.6. The van der Waals surface area contributed by atoms with Gasteiger partial charge in [-0.1, -0.05) is 32.4 Å². The Hall–Kier alpha value is -0.600. The molecule has 1 aromatic rings. The zero-order valence-electron chi connectivity index (χ0n) is 10.8. The number of nitrogens with one attached hydrogen (secondary N) is 1. The molecule has 0 heterocycles. The summed E-state index contributed by atoms with van der Waals surface area (Å²) in [5.41, 5.74) is 0.779. The standard InChI is InChI=1S/C14H21ClFN/c1-4-14(3,10-17-5-2)9-11-8-12(15)6-7-13(11)16/h6-8,17H,4-5,9-10H2,1-3H3. The molecule has 0 fully saturated rings. The first kappa shape index (κ1) is 14.5. The Labute approximate surface area is 108 Å². The molecule has 0 aliphatic carbocycles. The summed E-state index contributed by atoms with van der Waals surface area (Å²) in [6.07, 6.45) is 1.72. The van der Waals surface area contributed by atoms with Crippen molar-refractivity contribution in [3.63, 3.8) is 0 Å². The molecule has 1 nitrogen and oxygen atoms in total. The maximum atomic E-state index is 13.7. The quantitative estimate of drug-likeness (QED) is 0.811. The van der Waals surface area contributed by atoms with Gasteiger partial charge in [-0.3, -0.25) is 0 Å². The highest BCUT2D eigenvalue weighted by Gasteiger charge is 2.23. The van der Waals surface area contributed by atoms with Crippen LogP contribution in [0.15, 0.2) is 18.2 Å². The summed E-state index contributed by atoms with van der Waals surface area (Å²) >= 11 is 5.91. The Kier molecular flexibility index (Phi) is 5.41. The predicted molar refractivity (Wildman–Crippen MR) is 72.1 cm³/mol. The van der Waals surface area contributed by atoms with Crippen molar-refractivity contribution in [2.45, 2.75) is 33.6 Å². The van der Waals surface area contributed by atoms with Crippen molar-refractivity contribution in [2.24, 2.45) is 5.41 Å². The normalized spacial score (nSPS) is 14.6. The molecule has 1 N–H and O–H groups in total. The summed E-state index contributed by atoms with van der Waals surface area (Å²) < 4.78 is 13.7. The van der Waals surface area contributed by atoms with Crippen molar-refractivity contribution in [2.75, 3.05) is 13.1 Å². The summed E-state index contributed by atoms with van der Waals surface area (Å²) in [7, 11) is 0. The van der Waals surface area contributed by atoms with E-state index >= 15 is 0 Å². The molecule has 1 atom stereocenters. The molecule has 0 aliphatic heterocycles. The summed E-state index contributed by atoms with van der Waals surface area (Å²) in [6, 6.07) is 4.77. The first-order valence-electron chi connectivity index (χ1n) is 6.15. The van der Waals surface area contributed by atoms with Crippen LogP contribution in [-0.2, 0) is 6.42 Å². The van der Waals surface area contributed by atoms with E-state index in [1.807, 2.05) is 0 Å². The van der Waals surface area contributed by atoms with Gasteiger partial charge in [0, 0.05) is 11.6 Å². The maximum Gasteiger partial charge on any atom is 0.126 e. The van der Waals surface area contributed by atoms with Gasteiger partial charge < -0.3 is 5.32 Å². The number of halogens is 2. The van der Waals surface area contributed by atoms with Crippen molar-refractivity contribution >= 4 is 11.6 Å². The first-order valence-corrected chi connectivity index (χ1v) is 6.53. The first-order chi connectivity index (χ1) is 8.00. The number of hydrogen-bond donors (Lipinski definition) is 1. The van der Waals surface area contributed by atoms with Gasteiger partial charge in [-0.25, -0.2) is 4.39 Å². The van der Waals surface area contributed by atoms with Crippen LogP contribution in [0.25, 0.3) is 0 Å². The van der Waals surface area contributed by atoms with E-state index in [1.165, 1.54) is 6.07 Å². The highest BCUT2D eigenvalue weighted by molar-refractivity contribution is 6.30. The molecule has 0 radical (unpaired) electrons. The van der Waals surface area contributed by atoms with Gasteiger partial charge in [0.1, 0.15) is 5.82 Å². The van der Waals surface area contributed by atoms with Gasteiger partial charge in [0.25, 0.3) is 0 Å². The number of benzene rings is 1. The zero-order chi connectivity index (χ0) is 12.9. The fourth-order valence-electron chi connectivity index (χ4n) is 1.88. The Morgan fingerprint density at radius 3 is 2.65 bits per heavy atom. The third-order valence-electron chi connectivity index (χ3n) is 3.28. The molecule has 3 heteroatoms. The van der Waals surface area contributed by atoms with Gasteiger partial charge in [0.05, 0.1) is 0 Å². The third-order valence-corrected chi connectivity index (χ3v) is 3.52. The lowest BCUT2D eigenvalue weighted by molar-refractivity contribution is 0.289. The monoisotopic (exact) mass is 257 g/mol. The highest BCUT2D eigenvalue weighted by Crippen LogP contribution is 2.28. The molecule has 0 aromatic heterocycles. The van der Waals surface area contributed by atoms with E-state index in [4.69, 9.17) is 11.6 Å². The Morgan fingerprint density at radius 2 is 2.06 bits per heavy atom. The Bertz CT molecular complexity index is 367. The lowest BCUT2D eigenvalue weighted by Gasteiger charge is -2.29. The summed E-state index contributed by atoms with van der Waals surface area (Å²) in [5.74, 6) is -0.162. The Balaban J connectivity index is 2.82. The van der Waals surface area contributed by atoms with Crippen LogP contribution >= 0.6 is 11.6 Å². The highest BCUT2D eigenvalue weighted by atomic mass is 35.5. The van der Waals surface area contributed by atoms with Crippen LogP contribution in [0.3, 0.4) is 0 Å². The van der Waals surface area contributed by atoms with Crippen LogP contribution in [0.4, 0.5) is 4.39 Å². The van der Waals surface area contributed by atoms with Gasteiger partial charge >= 0.3 is 0 Å². The summed E-state index contributed by atoms with van der Waals surface area (Å²) in [4.78, 5) is 0. The molecule has 0 bridgehead atoms. The SMILES string of the molecule is CCNCC(C)(CC)Cc1cc(Cl)ccc1F. The van der Waals surface area contributed by atoms with E-state index in [0.717, 1.165) is 19.5 Å². The molecule has 0 amide bonds. The topological polar surface area (TPSA) is 12.0 Å². The second-order valence-electron chi connectivity index (χ2n) is 4.86. The van der Waals surface area contributed by atoms with Gasteiger partial charge in [-0.05, 0) is 48.6 Å². The van der Waals surface area contributed by atoms with Gasteiger partial charge in [-0.15, -0.1) is 0 Å². The van der Waals surface area contributed by atoms with E-state index in [0.29, 0.717) is 17.0 Å². The van der Waals surface area contributed by atoms with Gasteiger partial charge in [0.15, 0.2) is 0 Å². The molecular weight excluding hydrogens is 237 g/mol. The fraction of sp³-hybridized carbons (Fsp3) is 0.571. The molecule has 0 aliphatic rings. The van der Waals surface area contributed by atoms with Crippen LogP contribution in [-0.4, -0.2) is 13.1 Å². The molecule has 1 rings (SSSR count). The van der Waals surface area contributed by atoms with Crippen LogP contribution in [0.5, 0.6) is 0 Å². The number of rotatable bonds is 6. The van der Waals surface area contributed by atoms with Crippen LogP contribution in [0.1, 0.15) is 32.8 Å². The largest absolute Gasteiger partial charge is 0.316 e. The fourth-order valence-corrected chi connectivity index (χ4v) is 2.07. The number of hydrogen-bond acceptors (Lipinski definition) is 1. The molecule has 0 saturated carbocycles. The molecule has 96 valence electrons. The second kappa shape index (κ2) is 6.36.